The van der Waals surface area contributed by atoms with E-state index in [1.54, 1.807) is 24.3 Å². The van der Waals surface area contributed by atoms with E-state index in [1.807, 2.05) is 48.7 Å². The molecule has 158 valence electrons. The highest BCUT2D eigenvalue weighted by atomic mass is 32.1. The molecule has 0 saturated carbocycles. The zero-order valence-corrected chi connectivity index (χ0v) is 18.5. The van der Waals surface area contributed by atoms with Crippen LogP contribution in [0.1, 0.15) is 24.3 Å². The first-order valence-electron chi connectivity index (χ1n) is 10.2. The minimum absolute atomic E-state index is 0.288. The van der Waals surface area contributed by atoms with Gasteiger partial charge in [0.1, 0.15) is 11.4 Å². The fourth-order valence-electron chi connectivity index (χ4n) is 3.27. The first-order valence-corrected chi connectivity index (χ1v) is 11.1. The third kappa shape index (κ3) is 4.39. The number of ether oxygens (including phenoxy) is 1. The Balaban J connectivity index is 1.65. The summed E-state index contributed by atoms with van der Waals surface area (Å²) in [5, 5.41) is 5.08. The van der Waals surface area contributed by atoms with E-state index in [4.69, 9.17) is 4.74 Å². The number of benzene rings is 2. The molecule has 2 aromatic carbocycles. The van der Waals surface area contributed by atoms with Gasteiger partial charge in [-0.25, -0.2) is 4.90 Å². The van der Waals surface area contributed by atoms with Crippen molar-refractivity contribution in [1.29, 1.82) is 0 Å². The van der Waals surface area contributed by atoms with Gasteiger partial charge in [0.2, 0.25) is 0 Å². The Morgan fingerprint density at radius 3 is 2.29 bits per heavy atom. The van der Waals surface area contributed by atoms with E-state index in [9.17, 15) is 9.59 Å². The molecule has 4 rings (SSSR count). The highest BCUT2D eigenvalue weighted by Crippen LogP contribution is 2.36. The molecule has 0 fully saturated rings. The van der Waals surface area contributed by atoms with Gasteiger partial charge in [-0.2, -0.15) is 0 Å². The summed E-state index contributed by atoms with van der Waals surface area (Å²) >= 11 is 1.43. The van der Waals surface area contributed by atoms with Gasteiger partial charge in [-0.05, 0) is 60.7 Å². The Hall–Kier alpha value is -3.38. The summed E-state index contributed by atoms with van der Waals surface area (Å²) in [4.78, 5) is 28.7. The summed E-state index contributed by atoms with van der Waals surface area (Å²) in [6, 6.07) is 18.5. The van der Waals surface area contributed by atoms with Gasteiger partial charge in [0.25, 0.3) is 11.8 Å². The smallest absolute Gasteiger partial charge is 0.282 e. The van der Waals surface area contributed by atoms with Crippen molar-refractivity contribution in [3.8, 4) is 5.75 Å². The number of carbonyl (C=O) groups excluding carboxylic acids is 2. The maximum absolute atomic E-state index is 13.4. The molecule has 0 unspecified atom stereocenters. The number of imide groups is 1. The van der Waals surface area contributed by atoms with Crippen LogP contribution in [0, 0.1) is 12.8 Å². The SMILES string of the molecule is Cc1ccc(NC2=C(c3cccs3)C(=O)N(c3ccc(OCC(C)C)cc3)C2=O)cc1. The third-order valence-corrected chi connectivity index (χ3v) is 5.74. The Labute approximate surface area is 186 Å². The van der Waals surface area contributed by atoms with Gasteiger partial charge in [-0.3, -0.25) is 9.59 Å². The van der Waals surface area contributed by atoms with Gasteiger partial charge >= 0.3 is 0 Å². The molecule has 2 heterocycles. The molecule has 3 aromatic rings. The summed E-state index contributed by atoms with van der Waals surface area (Å²) < 4.78 is 5.72. The van der Waals surface area contributed by atoms with Crippen LogP contribution in [0.4, 0.5) is 11.4 Å². The molecule has 31 heavy (non-hydrogen) atoms. The van der Waals surface area contributed by atoms with E-state index in [0.717, 1.165) is 16.1 Å². The number of anilines is 2. The summed E-state index contributed by atoms with van der Waals surface area (Å²) in [7, 11) is 0. The second kappa shape index (κ2) is 8.78. The van der Waals surface area contributed by atoms with Crippen molar-refractivity contribution in [2.75, 3.05) is 16.8 Å². The van der Waals surface area contributed by atoms with Gasteiger partial charge in [-0.15, -0.1) is 11.3 Å². The lowest BCUT2D eigenvalue weighted by Crippen LogP contribution is -2.32. The van der Waals surface area contributed by atoms with Gasteiger partial charge in [0.05, 0.1) is 17.9 Å². The van der Waals surface area contributed by atoms with Crippen molar-refractivity contribution >= 4 is 40.1 Å². The molecule has 1 aromatic heterocycles. The Bertz CT molecular complexity index is 1110. The molecular formula is C25H24N2O3S. The fraction of sp³-hybridized carbons (Fsp3) is 0.200. The largest absolute Gasteiger partial charge is 0.493 e. The molecule has 0 saturated heterocycles. The first kappa shape index (κ1) is 20.9. The lowest BCUT2D eigenvalue weighted by atomic mass is 10.1. The first-order chi connectivity index (χ1) is 14.9. The summed E-state index contributed by atoms with van der Waals surface area (Å²) in [5.74, 6) is 0.415. The number of rotatable bonds is 7. The number of aryl methyl sites for hydroxylation is 1. The van der Waals surface area contributed by atoms with Crippen molar-refractivity contribution in [2.24, 2.45) is 5.92 Å². The minimum Gasteiger partial charge on any atom is -0.493 e. The molecule has 5 nitrogen and oxygen atoms in total. The standard InChI is InChI=1S/C25H24N2O3S/c1-16(2)15-30-20-12-10-19(11-13-20)27-24(28)22(21-5-4-14-31-21)23(25(27)29)26-18-8-6-17(3)7-9-18/h4-14,16,26H,15H2,1-3H3. The maximum atomic E-state index is 13.4. The number of nitrogens with zero attached hydrogens (tertiary/aromatic N) is 1. The lowest BCUT2D eigenvalue weighted by molar-refractivity contribution is -0.120. The number of hydrogen-bond donors (Lipinski definition) is 1. The molecule has 1 N–H and O–H groups in total. The van der Waals surface area contributed by atoms with Crippen molar-refractivity contribution < 1.29 is 14.3 Å². The van der Waals surface area contributed by atoms with Crippen molar-refractivity contribution in [3.63, 3.8) is 0 Å². The number of carbonyl (C=O) groups is 2. The molecule has 0 spiro atoms. The normalized spacial score (nSPS) is 14.0. The second-order valence-corrected chi connectivity index (χ2v) is 8.81. The van der Waals surface area contributed by atoms with Crippen LogP contribution in [0.5, 0.6) is 5.75 Å². The van der Waals surface area contributed by atoms with Crippen LogP contribution in [0.25, 0.3) is 5.57 Å². The van der Waals surface area contributed by atoms with E-state index in [2.05, 4.69) is 19.2 Å². The van der Waals surface area contributed by atoms with E-state index in [-0.39, 0.29) is 17.5 Å². The molecule has 0 radical (unpaired) electrons. The second-order valence-electron chi connectivity index (χ2n) is 7.86. The predicted octanol–water partition coefficient (Wildman–Crippen LogP) is 5.49. The molecule has 1 aliphatic heterocycles. The number of nitrogens with one attached hydrogen (secondary N) is 1. The van der Waals surface area contributed by atoms with Gasteiger partial charge < -0.3 is 10.1 Å². The molecule has 2 amide bonds. The van der Waals surface area contributed by atoms with Crippen LogP contribution in [-0.4, -0.2) is 18.4 Å². The van der Waals surface area contributed by atoms with Crippen LogP contribution >= 0.6 is 11.3 Å². The lowest BCUT2D eigenvalue weighted by Gasteiger charge is -2.16. The van der Waals surface area contributed by atoms with E-state index >= 15 is 0 Å². The van der Waals surface area contributed by atoms with Crippen LogP contribution in [0.2, 0.25) is 0 Å². The fourth-order valence-corrected chi connectivity index (χ4v) is 4.03. The molecule has 0 bridgehead atoms. The van der Waals surface area contributed by atoms with Gasteiger partial charge in [0.15, 0.2) is 0 Å². The number of hydrogen-bond acceptors (Lipinski definition) is 5. The van der Waals surface area contributed by atoms with Gasteiger partial charge in [-0.1, -0.05) is 37.6 Å². The topological polar surface area (TPSA) is 58.6 Å². The molecular weight excluding hydrogens is 408 g/mol. The van der Waals surface area contributed by atoms with E-state index in [0.29, 0.717) is 29.5 Å². The highest BCUT2D eigenvalue weighted by molar-refractivity contribution is 7.11. The van der Waals surface area contributed by atoms with Gasteiger partial charge in [0, 0.05) is 10.6 Å². The Morgan fingerprint density at radius 1 is 0.968 bits per heavy atom. The summed E-state index contributed by atoms with van der Waals surface area (Å²) in [6.45, 7) is 6.77. The van der Waals surface area contributed by atoms with Crippen LogP contribution in [-0.2, 0) is 9.59 Å². The zero-order valence-electron chi connectivity index (χ0n) is 17.7. The number of thiophene rings is 1. The highest BCUT2D eigenvalue weighted by Gasteiger charge is 2.40. The van der Waals surface area contributed by atoms with Crippen molar-refractivity contribution in [2.45, 2.75) is 20.8 Å². The Morgan fingerprint density at radius 2 is 1.68 bits per heavy atom. The molecule has 0 aliphatic carbocycles. The summed E-state index contributed by atoms with van der Waals surface area (Å²) in [6.07, 6.45) is 0. The van der Waals surface area contributed by atoms with Crippen molar-refractivity contribution in [3.05, 3.63) is 82.2 Å². The van der Waals surface area contributed by atoms with Crippen LogP contribution < -0.4 is 15.0 Å². The number of amides is 2. The van der Waals surface area contributed by atoms with Crippen LogP contribution in [0.3, 0.4) is 0 Å². The molecule has 1 aliphatic rings. The average Bonchev–Trinajstić information content (AvgIpc) is 3.35. The third-order valence-electron chi connectivity index (χ3n) is 4.85. The molecule has 6 heteroatoms. The Kier molecular flexibility index (Phi) is 5.91. The predicted molar refractivity (Wildman–Crippen MR) is 125 cm³/mol. The maximum Gasteiger partial charge on any atom is 0.282 e. The minimum atomic E-state index is -0.371. The molecule has 0 atom stereocenters. The summed E-state index contributed by atoms with van der Waals surface area (Å²) in [5.41, 5.74) is 3.07. The van der Waals surface area contributed by atoms with E-state index < -0.39 is 0 Å². The quantitative estimate of drug-likeness (QED) is 0.502. The average molecular weight is 433 g/mol. The zero-order chi connectivity index (χ0) is 22.0. The monoisotopic (exact) mass is 432 g/mol. The van der Waals surface area contributed by atoms with E-state index in [1.165, 1.54) is 16.2 Å². The van der Waals surface area contributed by atoms with Crippen molar-refractivity contribution in [1.82, 2.24) is 0 Å². The van der Waals surface area contributed by atoms with Crippen LogP contribution in [0.15, 0.2) is 71.7 Å².